The van der Waals surface area contributed by atoms with Gasteiger partial charge in [0.2, 0.25) is 5.87 Å². The summed E-state index contributed by atoms with van der Waals surface area (Å²) in [5.41, 5.74) is 0. The van der Waals surface area contributed by atoms with Crippen molar-refractivity contribution in [2.45, 2.75) is 96.7 Å². The maximum atomic E-state index is 11.0. The van der Waals surface area contributed by atoms with Crippen LogP contribution in [-0.2, 0) is 0 Å². The molecule has 0 aromatic carbocycles. The molecule has 1 N–H and O–H groups in total. The summed E-state index contributed by atoms with van der Waals surface area (Å²) < 4.78 is 0. The maximum Gasteiger partial charge on any atom is 0.267 e. The molecular weight excluding hydrogens is 235 g/mol. The van der Waals surface area contributed by atoms with E-state index in [1.165, 1.54) is 44.9 Å². The van der Waals surface area contributed by atoms with Gasteiger partial charge >= 0.3 is 0 Å². The average molecular weight is 267 g/mol. The minimum absolute atomic E-state index is 0.105. The van der Waals surface area contributed by atoms with Crippen molar-refractivity contribution in [2.24, 2.45) is 0 Å². The van der Waals surface area contributed by atoms with Crippen LogP contribution in [0.2, 0.25) is 5.31 Å². The van der Waals surface area contributed by atoms with Gasteiger partial charge in [0.1, 0.15) is 0 Å². The van der Waals surface area contributed by atoms with E-state index < -0.39 is 5.87 Å². The van der Waals surface area contributed by atoms with Crippen LogP contribution in [0.25, 0.3) is 0 Å². The summed E-state index contributed by atoms with van der Waals surface area (Å²) in [4.78, 5) is 11.0. The average Bonchev–Trinajstić information content (AvgIpc) is 2.34. The van der Waals surface area contributed by atoms with Crippen molar-refractivity contribution >= 4 is 13.1 Å². The van der Waals surface area contributed by atoms with Crippen LogP contribution < -0.4 is 0 Å². The Morgan fingerprint density at radius 3 is 1.74 bits per heavy atom. The maximum absolute atomic E-state index is 11.0. The highest BCUT2D eigenvalue weighted by Gasteiger charge is 2.28. The van der Waals surface area contributed by atoms with Crippen molar-refractivity contribution < 1.29 is 9.90 Å². The Morgan fingerprint density at radius 1 is 0.895 bits per heavy atom. The van der Waals surface area contributed by atoms with Crippen LogP contribution in [0, 0.1) is 0 Å². The standard InChI is InChI=1S/C16H32BO2/c1-4-6-8-10-12-14-16(3,17-15(18)19)13-11-9-7-5-2/h4-14H2,1-3H3,(H,18,19). The first-order valence-electron chi connectivity index (χ1n) is 8.13. The molecule has 2 nitrogen and oxygen atoms in total. The van der Waals surface area contributed by atoms with Crippen LogP contribution >= 0.6 is 0 Å². The first-order chi connectivity index (χ1) is 9.04. The Bertz CT molecular complexity index is 231. The van der Waals surface area contributed by atoms with Crippen LogP contribution in [-0.4, -0.2) is 18.3 Å². The second kappa shape index (κ2) is 11.4. The third-order valence-electron chi connectivity index (χ3n) is 3.92. The van der Waals surface area contributed by atoms with Crippen molar-refractivity contribution in [1.82, 2.24) is 0 Å². The molecule has 0 rings (SSSR count). The number of carbonyl (C=O) groups is 1. The first kappa shape index (κ1) is 18.5. The van der Waals surface area contributed by atoms with E-state index in [2.05, 4.69) is 20.8 Å². The zero-order valence-electron chi connectivity index (χ0n) is 13.2. The molecule has 111 valence electrons. The van der Waals surface area contributed by atoms with Gasteiger partial charge in [0, 0.05) is 0 Å². The highest BCUT2D eigenvalue weighted by Crippen LogP contribution is 2.37. The Morgan fingerprint density at radius 2 is 1.32 bits per heavy atom. The van der Waals surface area contributed by atoms with Gasteiger partial charge in [-0.3, -0.25) is 4.79 Å². The van der Waals surface area contributed by atoms with E-state index >= 15 is 0 Å². The summed E-state index contributed by atoms with van der Waals surface area (Å²) in [7, 11) is 1.54. The number of unbranched alkanes of at least 4 members (excludes halogenated alkanes) is 7. The minimum atomic E-state index is -0.758. The van der Waals surface area contributed by atoms with Gasteiger partial charge in [-0.25, -0.2) is 0 Å². The van der Waals surface area contributed by atoms with Gasteiger partial charge in [-0.1, -0.05) is 91.4 Å². The van der Waals surface area contributed by atoms with Crippen LogP contribution in [0.15, 0.2) is 0 Å². The molecule has 3 heteroatoms. The molecule has 0 aliphatic carbocycles. The molecule has 0 bridgehead atoms. The van der Waals surface area contributed by atoms with Gasteiger partial charge in [0.05, 0.1) is 0 Å². The van der Waals surface area contributed by atoms with E-state index in [-0.39, 0.29) is 5.31 Å². The zero-order valence-corrected chi connectivity index (χ0v) is 13.2. The normalized spacial score (nSPS) is 14.1. The molecule has 0 aromatic heterocycles. The SMILES string of the molecule is CCCCCCCC(C)([B]C(=O)O)CCCCCC. The predicted octanol–water partition coefficient (Wildman–Crippen LogP) is 5.88. The zero-order chi connectivity index (χ0) is 14.6. The largest absolute Gasteiger partial charge is 0.490 e. The van der Waals surface area contributed by atoms with Crippen LogP contribution in [0.5, 0.6) is 0 Å². The number of hydrogen-bond acceptors (Lipinski definition) is 1. The highest BCUT2D eigenvalue weighted by atomic mass is 16.4. The molecule has 0 spiro atoms. The second-order valence-corrected chi connectivity index (χ2v) is 6.11. The number of hydrogen-bond donors (Lipinski definition) is 1. The molecule has 0 aliphatic heterocycles. The molecule has 1 unspecified atom stereocenters. The Balaban J connectivity index is 3.99. The van der Waals surface area contributed by atoms with Crippen LogP contribution in [0.4, 0.5) is 4.79 Å². The highest BCUT2D eigenvalue weighted by molar-refractivity contribution is 6.73. The molecule has 0 heterocycles. The van der Waals surface area contributed by atoms with E-state index in [1.807, 2.05) is 0 Å². The molecule has 0 aliphatic rings. The molecule has 0 amide bonds. The smallest absolute Gasteiger partial charge is 0.267 e. The molecule has 0 fully saturated rings. The lowest BCUT2D eigenvalue weighted by atomic mass is 9.49. The molecule has 1 atom stereocenters. The van der Waals surface area contributed by atoms with Gasteiger partial charge in [0.25, 0.3) is 7.28 Å². The van der Waals surface area contributed by atoms with Crippen molar-refractivity contribution in [1.29, 1.82) is 0 Å². The molecular formula is C16H32BO2. The van der Waals surface area contributed by atoms with E-state index in [4.69, 9.17) is 5.11 Å². The lowest BCUT2D eigenvalue weighted by molar-refractivity contribution is 0.218. The number of rotatable bonds is 13. The fraction of sp³-hybridized carbons (Fsp3) is 0.938. The monoisotopic (exact) mass is 267 g/mol. The third-order valence-corrected chi connectivity index (χ3v) is 3.92. The van der Waals surface area contributed by atoms with Gasteiger partial charge in [-0.05, 0) is 5.31 Å². The summed E-state index contributed by atoms with van der Waals surface area (Å²) >= 11 is 0. The lowest BCUT2D eigenvalue weighted by Gasteiger charge is -2.27. The third kappa shape index (κ3) is 11.1. The molecule has 0 saturated heterocycles. The van der Waals surface area contributed by atoms with Gasteiger partial charge in [-0.15, -0.1) is 0 Å². The summed E-state index contributed by atoms with van der Waals surface area (Å²) in [5.74, 6) is -0.758. The summed E-state index contributed by atoms with van der Waals surface area (Å²) in [6.45, 7) is 6.54. The number of carboxylic acid groups (broad SMARTS) is 1. The molecule has 1 radical (unpaired) electrons. The Hall–Kier alpha value is -0.465. The summed E-state index contributed by atoms with van der Waals surface area (Å²) in [6.07, 6.45) is 13.2. The summed E-state index contributed by atoms with van der Waals surface area (Å²) in [5, 5.41) is 8.93. The van der Waals surface area contributed by atoms with Crippen LogP contribution in [0.3, 0.4) is 0 Å². The van der Waals surface area contributed by atoms with E-state index in [0.717, 1.165) is 25.7 Å². The van der Waals surface area contributed by atoms with Crippen LogP contribution in [0.1, 0.15) is 91.4 Å². The van der Waals surface area contributed by atoms with E-state index in [0.29, 0.717) is 0 Å². The Kier molecular flexibility index (Phi) is 11.1. The fourth-order valence-corrected chi connectivity index (χ4v) is 2.66. The van der Waals surface area contributed by atoms with E-state index in [9.17, 15) is 4.79 Å². The Labute approximate surface area is 120 Å². The molecule has 0 aromatic rings. The van der Waals surface area contributed by atoms with Crippen molar-refractivity contribution in [3.05, 3.63) is 0 Å². The van der Waals surface area contributed by atoms with E-state index in [1.54, 1.807) is 7.28 Å². The van der Waals surface area contributed by atoms with Crippen molar-refractivity contribution in [3.63, 3.8) is 0 Å². The predicted molar refractivity (Wildman–Crippen MR) is 84.3 cm³/mol. The van der Waals surface area contributed by atoms with Crippen molar-refractivity contribution in [3.8, 4) is 0 Å². The fourth-order valence-electron chi connectivity index (χ4n) is 2.66. The topological polar surface area (TPSA) is 37.3 Å². The van der Waals surface area contributed by atoms with Crippen molar-refractivity contribution in [2.75, 3.05) is 0 Å². The van der Waals surface area contributed by atoms with Gasteiger partial charge in [0.15, 0.2) is 0 Å². The lowest BCUT2D eigenvalue weighted by Crippen LogP contribution is -2.23. The van der Waals surface area contributed by atoms with Gasteiger partial charge < -0.3 is 5.11 Å². The quantitative estimate of drug-likeness (QED) is 0.334. The molecule has 19 heavy (non-hydrogen) atoms. The molecule has 0 saturated carbocycles. The van der Waals surface area contributed by atoms with Gasteiger partial charge in [-0.2, -0.15) is 0 Å². The second-order valence-electron chi connectivity index (χ2n) is 6.11. The first-order valence-corrected chi connectivity index (χ1v) is 8.13. The minimum Gasteiger partial charge on any atom is -0.490 e. The summed E-state index contributed by atoms with van der Waals surface area (Å²) in [6, 6.07) is 0.